The van der Waals surface area contributed by atoms with Gasteiger partial charge in [0.2, 0.25) is 0 Å². The minimum Gasteiger partial charge on any atom is -0.462 e. The minimum absolute atomic E-state index is 0.0471. The highest BCUT2D eigenvalue weighted by Crippen LogP contribution is 2.12. The molecule has 2 aromatic rings. The monoisotopic (exact) mass is 328 g/mol. The van der Waals surface area contributed by atoms with E-state index in [-0.39, 0.29) is 5.69 Å². The molecule has 0 saturated heterocycles. The highest BCUT2D eigenvalue weighted by Gasteiger charge is 2.10. The highest BCUT2D eigenvalue weighted by atomic mass is 16.6. The van der Waals surface area contributed by atoms with E-state index in [1.54, 1.807) is 0 Å². The number of carbonyl (C=O) groups is 1. The van der Waals surface area contributed by atoms with Gasteiger partial charge in [0.15, 0.2) is 0 Å². The van der Waals surface area contributed by atoms with Crippen molar-refractivity contribution in [3.63, 3.8) is 0 Å². The van der Waals surface area contributed by atoms with Gasteiger partial charge in [-0.25, -0.2) is 4.79 Å². The van der Waals surface area contributed by atoms with Gasteiger partial charge in [0.25, 0.3) is 5.69 Å². The van der Waals surface area contributed by atoms with E-state index in [9.17, 15) is 14.9 Å². The van der Waals surface area contributed by atoms with Crippen molar-refractivity contribution in [2.75, 3.05) is 20.2 Å². The Kier molecular flexibility index (Phi) is 6.45. The van der Waals surface area contributed by atoms with Crippen LogP contribution in [0.5, 0.6) is 0 Å². The van der Waals surface area contributed by atoms with Crippen LogP contribution in [0.2, 0.25) is 0 Å². The first kappa shape index (κ1) is 17.6. The van der Waals surface area contributed by atoms with E-state index in [2.05, 4.69) is 17.0 Å². The van der Waals surface area contributed by atoms with Gasteiger partial charge in [-0.3, -0.25) is 10.1 Å². The second-order valence-corrected chi connectivity index (χ2v) is 5.52. The van der Waals surface area contributed by atoms with Crippen molar-refractivity contribution in [3.8, 4) is 0 Å². The fourth-order valence-electron chi connectivity index (χ4n) is 2.28. The van der Waals surface area contributed by atoms with Gasteiger partial charge >= 0.3 is 5.97 Å². The summed E-state index contributed by atoms with van der Waals surface area (Å²) in [6.07, 6.45) is 0.724. The normalized spacial score (nSPS) is 10.6. The van der Waals surface area contributed by atoms with E-state index in [1.807, 2.05) is 25.2 Å². The summed E-state index contributed by atoms with van der Waals surface area (Å²) in [4.78, 5) is 24.1. The lowest BCUT2D eigenvalue weighted by Gasteiger charge is -2.16. The Morgan fingerprint density at radius 3 is 2.42 bits per heavy atom. The molecule has 0 aliphatic carbocycles. The molecule has 0 aliphatic heterocycles. The van der Waals surface area contributed by atoms with Gasteiger partial charge in [-0.15, -0.1) is 0 Å². The zero-order valence-corrected chi connectivity index (χ0v) is 13.6. The Balaban J connectivity index is 1.69. The fraction of sp³-hybridized carbons (Fsp3) is 0.278. The molecule has 0 bridgehead atoms. The maximum atomic E-state index is 11.9. The Morgan fingerprint density at radius 1 is 1.12 bits per heavy atom. The summed E-state index contributed by atoms with van der Waals surface area (Å²) in [5.41, 5.74) is 1.51. The summed E-state index contributed by atoms with van der Waals surface area (Å²) in [5, 5.41) is 10.6. The van der Waals surface area contributed by atoms with Gasteiger partial charge in [0.1, 0.15) is 0 Å². The molecule has 2 aromatic carbocycles. The van der Waals surface area contributed by atoms with Crippen molar-refractivity contribution in [1.29, 1.82) is 0 Å². The molecule has 0 atom stereocenters. The Labute approximate surface area is 140 Å². The molecule has 6 nitrogen and oxygen atoms in total. The summed E-state index contributed by atoms with van der Waals surface area (Å²) < 4.78 is 5.19. The number of ether oxygens (including phenoxy) is 1. The molecule has 24 heavy (non-hydrogen) atoms. The molecule has 0 saturated carbocycles. The van der Waals surface area contributed by atoms with E-state index in [4.69, 9.17) is 4.74 Å². The average molecular weight is 328 g/mol. The standard InChI is InChI=1S/C18H20N2O4/c1-19(14-15-6-3-2-4-7-15)12-5-13-24-18(21)16-8-10-17(11-9-16)20(22)23/h2-4,6-11H,5,12-14H2,1H3. The molecular formula is C18H20N2O4. The van der Waals surface area contributed by atoms with Gasteiger partial charge in [0.05, 0.1) is 17.1 Å². The topological polar surface area (TPSA) is 72.7 Å². The number of nitrogens with zero attached hydrogens (tertiary/aromatic N) is 2. The summed E-state index contributed by atoms with van der Waals surface area (Å²) in [7, 11) is 2.02. The molecule has 0 N–H and O–H groups in total. The maximum Gasteiger partial charge on any atom is 0.338 e. The third-order valence-electron chi connectivity index (χ3n) is 3.53. The SMILES string of the molecule is CN(CCCOC(=O)c1ccc([N+](=O)[O-])cc1)Cc1ccccc1. The van der Waals surface area contributed by atoms with Crippen molar-refractivity contribution in [2.24, 2.45) is 0 Å². The number of non-ortho nitro benzene ring substituents is 1. The number of nitro groups is 1. The molecule has 0 fully saturated rings. The number of carbonyl (C=O) groups excluding carboxylic acids is 1. The number of hydrogen-bond acceptors (Lipinski definition) is 5. The molecule has 0 radical (unpaired) electrons. The number of esters is 1. The average Bonchev–Trinajstić information content (AvgIpc) is 2.59. The molecular weight excluding hydrogens is 308 g/mol. The maximum absolute atomic E-state index is 11.9. The van der Waals surface area contributed by atoms with Gasteiger partial charge in [-0.05, 0) is 31.2 Å². The summed E-state index contributed by atoms with van der Waals surface area (Å²) >= 11 is 0. The summed E-state index contributed by atoms with van der Waals surface area (Å²) in [6.45, 7) is 1.97. The lowest BCUT2D eigenvalue weighted by atomic mass is 10.2. The smallest absolute Gasteiger partial charge is 0.338 e. The van der Waals surface area contributed by atoms with Crippen molar-refractivity contribution in [1.82, 2.24) is 4.90 Å². The van der Waals surface area contributed by atoms with Gasteiger partial charge in [-0.2, -0.15) is 0 Å². The van der Waals surface area contributed by atoms with Crippen LogP contribution in [-0.2, 0) is 11.3 Å². The molecule has 0 amide bonds. The molecule has 0 aliphatic rings. The third kappa shape index (κ3) is 5.48. The molecule has 126 valence electrons. The number of nitro benzene ring substituents is 1. The van der Waals surface area contributed by atoms with Crippen LogP contribution < -0.4 is 0 Å². The van der Waals surface area contributed by atoms with Crippen LogP contribution in [0.4, 0.5) is 5.69 Å². The van der Waals surface area contributed by atoms with Crippen LogP contribution in [0.3, 0.4) is 0 Å². The zero-order valence-electron chi connectivity index (χ0n) is 13.6. The van der Waals surface area contributed by atoms with E-state index in [1.165, 1.54) is 29.8 Å². The number of rotatable bonds is 8. The van der Waals surface area contributed by atoms with Crippen molar-refractivity contribution in [3.05, 3.63) is 75.8 Å². The van der Waals surface area contributed by atoms with Gasteiger partial charge in [-0.1, -0.05) is 30.3 Å². The molecule has 0 aromatic heterocycles. The first-order valence-corrected chi connectivity index (χ1v) is 7.70. The predicted octanol–water partition coefficient (Wildman–Crippen LogP) is 3.27. The van der Waals surface area contributed by atoms with Crippen molar-refractivity contribution >= 4 is 11.7 Å². The lowest BCUT2D eigenvalue weighted by molar-refractivity contribution is -0.384. The molecule has 0 heterocycles. The van der Waals surface area contributed by atoms with Crippen LogP contribution in [0.15, 0.2) is 54.6 Å². The first-order valence-electron chi connectivity index (χ1n) is 7.70. The first-order chi connectivity index (χ1) is 11.6. The largest absolute Gasteiger partial charge is 0.462 e. The Bertz CT molecular complexity index is 671. The predicted molar refractivity (Wildman–Crippen MR) is 90.8 cm³/mol. The van der Waals surface area contributed by atoms with Crippen LogP contribution in [0.25, 0.3) is 0 Å². The third-order valence-corrected chi connectivity index (χ3v) is 3.53. The summed E-state index contributed by atoms with van der Waals surface area (Å²) in [6, 6.07) is 15.6. The van der Waals surface area contributed by atoms with Gasteiger partial charge < -0.3 is 9.64 Å². The van der Waals surface area contributed by atoms with E-state index < -0.39 is 10.9 Å². The molecule has 0 unspecified atom stereocenters. The Morgan fingerprint density at radius 2 is 1.79 bits per heavy atom. The van der Waals surface area contributed by atoms with Crippen molar-refractivity contribution < 1.29 is 14.5 Å². The van der Waals surface area contributed by atoms with E-state index in [0.717, 1.165) is 19.5 Å². The molecule has 6 heteroatoms. The van der Waals surface area contributed by atoms with Crippen LogP contribution in [-0.4, -0.2) is 36.0 Å². The minimum atomic E-state index is -0.502. The van der Waals surface area contributed by atoms with Crippen LogP contribution >= 0.6 is 0 Å². The highest BCUT2D eigenvalue weighted by molar-refractivity contribution is 5.89. The van der Waals surface area contributed by atoms with E-state index in [0.29, 0.717) is 12.2 Å². The van der Waals surface area contributed by atoms with Crippen molar-refractivity contribution in [2.45, 2.75) is 13.0 Å². The second-order valence-electron chi connectivity index (χ2n) is 5.52. The second kappa shape index (κ2) is 8.79. The number of benzene rings is 2. The van der Waals surface area contributed by atoms with Crippen LogP contribution in [0.1, 0.15) is 22.3 Å². The fourth-order valence-corrected chi connectivity index (χ4v) is 2.28. The van der Waals surface area contributed by atoms with Gasteiger partial charge in [0, 0.05) is 25.2 Å². The molecule has 0 spiro atoms. The quantitative estimate of drug-likeness (QED) is 0.322. The van der Waals surface area contributed by atoms with E-state index >= 15 is 0 Å². The lowest BCUT2D eigenvalue weighted by Crippen LogP contribution is -2.20. The molecule has 2 rings (SSSR count). The zero-order chi connectivity index (χ0) is 17.4. The summed E-state index contributed by atoms with van der Waals surface area (Å²) in [5.74, 6) is -0.462. The Hall–Kier alpha value is -2.73. The van der Waals surface area contributed by atoms with Crippen LogP contribution in [0, 0.1) is 10.1 Å². The number of hydrogen-bond donors (Lipinski definition) is 0.